The Balaban J connectivity index is 1.34. The third-order valence-corrected chi connectivity index (χ3v) is 6.23. The lowest BCUT2D eigenvalue weighted by molar-refractivity contribution is -0.133. The average molecular weight is 382 g/mol. The Bertz CT molecular complexity index is 810. The summed E-state index contributed by atoms with van der Waals surface area (Å²) in [6.07, 6.45) is 4.26. The molecule has 6 nitrogen and oxygen atoms in total. The molecule has 1 aromatic carbocycles. The topological polar surface area (TPSA) is 63.1 Å². The molecule has 1 N–H and O–H groups in total. The number of aromatic nitrogens is 3. The average Bonchev–Trinajstić information content (AvgIpc) is 3.16. The van der Waals surface area contributed by atoms with Crippen molar-refractivity contribution in [3.05, 3.63) is 47.8 Å². The zero-order valence-electron chi connectivity index (χ0n) is 17.1. The molecular formula is C22H31N5O. The maximum absolute atomic E-state index is 12.8. The van der Waals surface area contributed by atoms with Crippen LogP contribution in [0.3, 0.4) is 0 Å². The first-order valence-corrected chi connectivity index (χ1v) is 10.4. The van der Waals surface area contributed by atoms with Crippen molar-refractivity contribution < 1.29 is 4.79 Å². The Labute approximate surface area is 167 Å². The number of carbonyl (C=O) groups excluding carboxylic acids is 1. The fourth-order valence-electron chi connectivity index (χ4n) is 4.49. The molecule has 5 rings (SSSR count). The smallest absolute Gasteiger partial charge is 0.224 e. The van der Waals surface area contributed by atoms with Crippen molar-refractivity contribution in [2.45, 2.75) is 58.2 Å². The van der Waals surface area contributed by atoms with E-state index in [1.54, 1.807) is 0 Å². The third-order valence-electron chi connectivity index (χ3n) is 6.23. The molecule has 28 heavy (non-hydrogen) atoms. The molecule has 3 aliphatic rings. The Morgan fingerprint density at radius 1 is 1.25 bits per heavy atom. The first-order valence-electron chi connectivity index (χ1n) is 10.4. The molecule has 2 aromatic rings. The van der Waals surface area contributed by atoms with Crippen LogP contribution in [0.5, 0.6) is 0 Å². The van der Waals surface area contributed by atoms with Gasteiger partial charge in [0.25, 0.3) is 0 Å². The van der Waals surface area contributed by atoms with Crippen LogP contribution in [0.2, 0.25) is 0 Å². The second kappa shape index (κ2) is 7.66. The highest BCUT2D eigenvalue weighted by Gasteiger charge is 2.43. The largest absolute Gasteiger partial charge is 0.352 e. The fourth-order valence-corrected chi connectivity index (χ4v) is 4.49. The number of piperidine rings is 3. The van der Waals surface area contributed by atoms with Gasteiger partial charge in [-0.15, -0.1) is 5.10 Å². The molecular weight excluding hydrogens is 350 g/mol. The van der Waals surface area contributed by atoms with Crippen LogP contribution in [0, 0.1) is 11.8 Å². The second-order valence-corrected chi connectivity index (χ2v) is 9.32. The highest BCUT2D eigenvalue weighted by Crippen LogP contribution is 2.37. The van der Waals surface area contributed by atoms with Crippen LogP contribution >= 0.6 is 0 Å². The molecule has 4 heterocycles. The highest BCUT2D eigenvalue weighted by atomic mass is 16.1. The van der Waals surface area contributed by atoms with Gasteiger partial charge in [0.05, 0.1) is 18.2 Å². The first kappa shape index (κ1) is 19.1. The number of hydrogen-bond donors (Lipinski definition) is 1. The summed E-state index contributed by atoms with van der Waals surface area (Å²) >= 11 is 0. The summed E-state index contributed by atoms with van der Waals surface area (Å²) in [5, 5.41) is 11.8. The lowest BCUT2D eigenvalue weighted by Crippen LogP contribution is -2.58. The van der Waals surface area contributed by atoms with Crippen LogP contribution < -0.4 is 5.32 Å². The van der Waals surface area contributed by atoms with Gasteiger partial charge in [0.2, 0.25) is 5.91 Å². The molecule has 4 atom stereocenters. The van der Waals surface area contributed by atoms with E-state index in [1.807, 2.05) is 22.9 Å². The number of hydrogen-bond acceptors (Lipinski definition) is 4. The molecule has 150 valence electrons. The molecule has 4 unspecified atom stereocenters. The van der Waals surface area contributed by atoms with Crippen molar-refractivity contribution in [1.29, 1.82) is 0 Å². The zero-order valence-corrected chi connectivity index (χ0v) is 17.1. The van der Waals surface area contributed by atoms with E-state index in [4.69, 9.17) is 0 Å². The monoisotopic (exact) mass is 381 g/mol. The van der Waals surface area contributed by atoms with E-state index in [1.165, 1.54) is 0 Å². The molecule has 0 radical (unpaired) electrons. The quantitative estimate of drug-likeness (QED) is 0.865. The van der Waals surface area contributed by atoms with Gasteiger partial charge < -0.3 is 5.32 Å². The number of nitrogens with zero attached hydrogens (tertiary/aromatic N) is 4. The zero-order chi connectivity index (χ0) is 19.7. The van der Waals surface area contributed by atoms with Gasteiger partial charge in [-0.05, 0) is 30.9 Å². The molecule has 2 bridgehead atoms. The van der Waals surface area contributed by atoms with E-state index < -0.39 is 0 Å². The van der Waals surface area contributed by atoms with E-state index >= 15 is 0 Å². The minimum atomic E-state index is 0.0199. The minimum absolute atomic E-state index is 0.0199. The minimum Gasteiger partial charge on any atom is -0.352 e. The van der Waals surface area contributed by atoms with Crippen molar-refractivity contribution in [1.82, 2.24) is 25.2 Å². The Kier molecular flexibility index (Phi) is 5.23. The molecule has 0 saturated carbocycles. The normalized spacial score (nSPS) is 27.0. The van der Waals surface area contributed by atoms with E-state index in [0.29, 0.717) is 18.5 Å². The number of rotatable bonds is 5. The van der Waals surface area contributed by atoms with Crippen LogP contribution in [0.1, 0.15) is 44.9 Å². The number of benzene rings is 1. The fraction of sp³-hybridized carbons (Fsp3) is 0.591. The first-order chi connectivity index (χ1) is 13.4. The maximum atomic E-state index is 12.8. The second-order valence-electron chi connectivity index (χ2n) is 9.32. The number of nitrogens with one attached hydrogen (secondary N) is 1. The van der Waals surface area contributed by atoms with E-state index in [-0.39, 0.29) is 17.2 Å². The van der Waals surface area contributed by atoms with E-state index in [0.717, 1.165) is 43.7 Å². The predicted octanol–water partition coefficient (Wildman–Crippen LogP) is 2.60. The maximum Gasteiger partial charge on any atom is 0.224 e. The molecule has 3 saturated heterocycles. The van der Waals surface area contributed by atoms with Crippen molar-refractivity contribution in [3.8, 4) is 0 Å². The van der Waals surface area contributed by atoms with E-state index in [2.05, 4.69) is 59.6 Å². The predicted molar refractivity (Wildman–Crippen MR) is 109 cm³/mol. The molecule has 1 aromatic heterocycles. The van der Waals surface area contributed by atoms with Gasteiger partial charge in [-0.2, -0.15) is 0 Å². The summed E-state index contributed by atoms with van der Waals surface area (Å²) in [7, 11) is 0. The van der Waals surface area contributed by atoms with Gasteiger partial charge in [0, 0.05) is 30.7 Å². The highest BCUT2D eigenvalue weighted by molar-refractivity contribution is 5.79. The van der Waals surface area contributed by atoms with Crippen molar-refractivity contribution >= 4 is 5.91 Å². The number of carbonyl (C=O) groups is 1. The molecule has 0 spiro atoms. The van der Waals surface area contributed by atoms with Crippen LogP contribution in [0.4, 0.5) is 0 Å². The lowest BCUT2D eigenvalue weighted by atomic mass is 9.75. The third kappa shape index (κ3) is 4.12. The Morgan fingerprint density at radius 3 is 2.68 bits per heavy atom. The number of amides is 1. The standard InChI is InChI=1S/C22H31N5O/c1-22(2,3)20-15-27(25-24-20)13-18-11-17-9-10-26(18)14-19(17)21(28)23-12-16-7-5-4-6-8-16/h4-8,15,17-19H,9-14H2,1-3H3,(H,23,28). The summed E-state index contributed by atoms with van der Waals surface area (Å²) in [6, 6.07) is 10.6. The van der Waals surface area contributed by atoms with Crippen molar-refractivity contribution in [3.63, 3.8) is 0 Å². The summed E-state index contributed by atoms with van der Waals surface area (Å²) in [6.45, 7) is 9.89. The van der Waals surface area contributed by atoms with Gasteiger partial charge in [-0.1, -0.05) is 56.3 Å². The molecule has 1 amide bonds. The lowest BCUT2D eigenvalue weighted by Gasteiger charge is -2.49. The Hall–Kier alpha value is -2.21. The van der Waals surface area contributed by atoms with Crippen LogP contribution in [-0.2, 0) is 23.3 Å². The number of fused-ring (bicyclic) bond motifs is 3. The van der Waals surface area contributed by atoms with E-state index in [9.17, 15) is 4.79 Å². The summed E-state index contributed by atoms with van der Waals surface area (Å²) < 4.78 is 1.98. The van der Waals surface area contributed by atoms with Gasteiger partial charge in [0.15, 0.2) is 0 Å². The van der Waals surface area contributed by atoms with Gasteiger partial charge in [-0.25, -0.2) is 0 Å². The molecule has 0 aliphatic carbocycles. The van der Waals surface area contributed by atoms with Gasteiger partial charge >= 0.3 is 0 Å². The Morgan fingerprint density at radius 2 is 2.04 bits per heavy atom. The molecule has 3 fully saturated rings. The summed E-state index contributed by atoms with van der Waals surface area (Å²) in [5.41, 5.74) is 2.20. The SMILES string of the molecule is CC(C)(C)c1cn(CC2CC3CCN2CC3C(=O)NCc2ccccc2)nn1. The summed E-state index contributed by atoms with van der Waals surface area (Å²) in [5.74, 6) is 0.777. The van der Waals surface area contributed by atoms with Gasteiger partial charge in [0.1, 0.15) is 0 Å². The van der Waals surface area contributed by atoms with Crippen LogP contribution in [0.15, 0.2) is 36.5 Å². The molecule has 6 heteroatoms. The van der Waals surface area contributed by atoms with Crippen molar-refractivity contribution in [2.75, 3.05) is 13.1 Å². The van der Waals surface area contributed by atoms with Crippen molar-refractivity contribution in [2.24, 2.45) is 11.8 Å². The molecule has 3 aliphatic heterocycles. The van der Waals surface area contributed by atoms with Crippen LogP contribution in [0.25, 0.3) is 0 Å². The summed E-state index contributed by atoms with van der Waals surface area (Å²) in [4.78, 5) is 15.3. The van der Waals surface area contributed by atoms with Crippen LogP contribution in [-0.4, -0.2) is 44.9 Å². The van der Waals surface area contributed by atoms with Gasteiger partial charge in [-0.3, -0.25) is 14.4 Å².